The van der Waals surface area contributed by atoms with Crippen molar-refractivity contribution in [3.8, 4) is 0 Å². The van der Waals surface area contributed by atoms with E-state index in [1.54, 1.807) is 0 Å². The molecule has 0 fully saturated rings. The Morgan fingerprint density at radius 1 is 1.29 bits per heavy atom. The van der Waals surface area contributed by atoms with Gasteiger partial charge in [-0.1, -0.05) is 6.58 Å². The summed E-state index contributed by atoms with van der Waals surface area (Å²) in [5.74, 6) is -3.34. The summed E-state index contributed by atoms with van der Waals surface area (Å²) in [4.78, 5) is 19.5. The topological polar surface area (TPSA) is 75.2 Å². The lowest BCUT2D eigenvalue weighted by Gasteiger charge is -2.03. The van der Waals surface area contributed by atoms with Crippen LogP contribution in [0, 0.1) is 0 Å². The Bertz CT molecular complexity index is 527. The molecule has 0 unspecified atom stereocenters. The summed E-state index contributed by atoms with van der Waals surface area (Å²) in [5.41, 5.74) is 0. The van der Waals surface area contributed by atoms with Gasteiger partial charge < -0.3 is 14.6 Å². The molecule has 0 saturated heterocycles. The van der Waals surface area contributed by atoms with E-state index < -0.39 is 12.1 Å². The minimum absolute atomic E-state index is 0.329. The third-order valence-corrected chi connectivity index (χ3v) is 2.78. The second kappa shape index (κ2) is 11.3. The van der Waals surface area contributed by atoms with Crippen molar-refractivity contribution in [3.63, 3.8) is 0 Å². The number of ether oxygens (including phenoxy) is 1. The van der Waals surface area contributed by atoms with Gasteiger partial charge in [-0.05, 0) is 25.7 Å². The summed E-state index contributed by atoms with van der Waals surface area (Å²) < 4.78 is 40.7. The molecule has 9 heteroatoms. The molecular formula is C15H21F3N2O4. The SMILES string of the molecule is C=CC(=O)OCCCCCCn1cc[n+](C)c1.O=C([O-])C(F)(F)F. The first-order chi connectivity index (χ1) is 11.2. The maximum atomic E-state index is 10.7. The smallest absolute Gasteiger partial charge is 0.430 e. The van der Waals surface area contributed by atoms with Crippen molar-refractivity contribution in [3.05, 3.63) is 31.4 Å². The molecule has 0 aromatic carbocycles. The molecule has 1 aromatic rings. The van der Waals surface area contributed by atoms with Gasteiger partial charge in [-0.3, -0.25) is 0 Å². The maximum absolute atomic E-state index is 10.7. The predicted octanol–water partition coefficient (Wildman–Crippen LogP) is 0.901. The first kappa shape index (κ1) is 21.7. The Kier molecular flexibility index (Phi) is 10.2. The van der Waals surface area contributed by atoms with Crippen LogP contribution >= 0.6 is 0 Å². The fourth-order valence-corrected chi connectivity index (χ4v) is 1.62. The van der Waals surface area contributed by atoms with E-state index in [-0.39, 0.29) is 5.97 Å². The van der Waals surface area contributed by atoms with E-state index >= 15 is 0 Å². The van der Waals surface area contributed by atoms with E-state index in [0.29, 0.717) is 6.61 Å². The molecule has 1 rings (SSSR count). The van der Waals surface area contributed by atoms with Crippen LogP contribution in [-0.4, -0.2) is 29.3 Å². The normalized spacial score (nSPS) is 10.5. The molecule has 1 heterocycles. The molecule has 136 valence electrons. The summed E-state index contributed by atoms with van der Waals surface area (Å²) >= 11 is 0. The Morgan fingerprint density at radius 3 is 2.33 bits per heavy atom. The second-order valence-electron chi connectivity index (χ2n) is 4.89. The number of carboxylic acids is 1. The molecular weight excluding hydrogens is 329 g/mol. The largest absolute Gasteiger partial charge is 0.542 e. The highest BCUT2D eigenvalue weighted by molar-refractivity contribution is 5.81. The molecule has 0 radical (unpaired) electrons. The number of carboxylic acid groups (broad SMARTS) is 1. The van der Waals surface area contributed by atoms with Crippen molar-refractivity contribution >= 4 is 11.9 Å². The molecule has 24 heavy (non-hydrogen) atoms. The number of hydrogen-bond donors (Lipinski definition) is 0. The molecule has 6 nitrogen and oxygen atoms in total. The average molecular weight is 350 g/mol. The third-order valence-electron chi connectivity index (χ3n) is 2.78. The zero-order valence-corrected chi connectivity index (χ0v) is 13.4. The monoisotopic (exact) mass is 350 g/mol. The van der Waals surface area contributed by atoms with Gasteiger partial charge in [-0.2, -0.15) is 13.2 Å². The fraction of sp³-hybridized carbons (Fsp3) is 0.533. The van der Waals surface area contributed by atoms with Crippen molar-refractivity contribution in [1.82, 2.24) is 4.57 Å². The van der Waals surface area contributed by atoms with Crippen LogP contribution < -0.4 is 9.67 Å². The molecule has 0 amide bonds. The summed E-state index contributed by atoms with van der Waals surface area (Å²) in [6.45, 7) is 4.90. The Morgan fingerprint density at radius 2 is 1.88 bits per heavy atom. The van der Waals surface area contributed by atoms with Crippen molar-refractivity contribution in [1.29, 1.82) is 0 Å². The summed E-state index contributed by atoms with van der Waals surface area (Å²) in [6.07, 6.45) is 6.53. The molecule has 0 saturated carbocycles. The number of unbranched alkanes of at least 4 members (excludes halogenated alkanes) is 3. The van der Waals surface area contributed by atoms with Gasteiger partial charge in [0.1, 0.15) is 18.4 Å². The van der Waals surface area contributed by atoms with Crippen LogP contribution in [0.25, 0.3) is 0 Å². The fourth-order valence-electron chi connectivity index (χ4n) is 1.62. The number of aryl methyl sites for hydroxylation is 2. The number of nitrogens with zero attached hydrogens (tertiary/aromatic N) is 2. The van der Waals surface area contributed by atoms with Crippen LogP contribution in [0.15, 0.2) is 31.4 Å². The molecule has 0 atom stereocenters. The minimum atomic E-state index is -5.19. The van der Waals surface area contributed by atoms with Gasteiger partial charge in [0.15, 0.2) is 0 Å². The highest BCUT2D eigenvalue weighted by Crippen LogP contribution is 2.11. The quantitative estimate of drug-likeness (QED) is 0.302. The molecule has 0 aliphatic rings. The van der Waals surface area contributed by atoms with E-state index in [2.05, 4.69) is 23.7 Å². The van der Waals surface area contributed by atoms with Gasteiger partial charge in [0, 0.05) is 6.08 Å². The zero-order chi connectivity index (χ0) is 18.6. The Labute approximate surface area is 138 Å². The summed E-state index contributed by atoms with van der Waals surface area (Å²) in [5, 5.41) is 8.78. The third kappa shape index (κ3) is 11.3. The standard InChI is InChI=1S/C13H21N2O2.C2HF3O2/c1-3-13(16)17-11-7-5-4-6-8-15-10-9-14(2)12-15;3-2(4,5)1(6)7/h3,9-10,12H,1,4-8,11H2,2H3;(H,6,7)/q+1;/p-1. The summed E-state index contributed by atoms with van der Waals surface area (Å²) in [7, 11) is 2.02. The number of aliphatic carboxylic acids is 1. The van der Waals surface area contributed by atoms with Crippen LogP contribution in [0.5, 0.6) is 0 Å². The van der Waals surface area contributed by atoms with Crippen molar-refractivity contribution in [2.75, 3.05) is 6.61 Å². The van der Waals surface area contributed by atoms with Crippen molar-refractivity contribution in [2.24, 2.45) is 7.05 Å². The highest BCUT2D eigenvalue weighted by atomic mass is 19.4. The lowest BCUT2D eigenvalue weighted by molar-refractivity contribution is -0.671. The first-order valence-electron chi connectivity index (χ1n) is 7.25. The van der Waals surface area contributed by atoms with E-state index in [1.165, 1.54) is 6.08 Å². The molecule has 0 aliphatic carbocycles. The Hall–Kier alpha value is -2.32. The van der Waals surface area contributed by atoms with Crippen LogP contribution in [0.3, 0.4) is 0 Å². The number of hydrogen-bond acceptors (Lipinski definition) is 4. The van der Waals surface area contributed by atoms with E-state index in [1.807, 2.05) is 17.8 Å². The number of alkyl halides is 3. The first-order valence-corrected chi connectivity index (χ1v) is 7.25. The lowest BCUT2D eigenvalue weighted by atomic mass is 10.2. The molecule has 0 bridgehead atoms. The second-order valence-corrected chi connectivity index (χ2v) is 4.89. The van der Waals surface area contributed by atoms with Gasteiger partial charge in [0.2, 0.25) is 6.33 Å². The Balaban J connectivity index is 0.000000640. The van der Waals surface area contributed by atoms with Gasteiger partial charge >= 0.3 is 12.1 Å². The zero-order valence-electron chi connectivity index (χ0n) is 13.4. The van der Waals surface area contributed by atoms with Crippen molar-refractivity contribution < 1.29 is 37.2 Å². The molecule has 1 aromatic heterocycles. The van der Waals surface area contributed by atoms with Gasteiger partial charge in [0.05, 0.1) is 20.2 Å². The van der Waals surface area contributed by atoms with Crippen LogP contribution in [-0.2, 0) is 27.9 Å². The lowest BCUT2D eigenvalue weighted by Crippen LogP contribution is -2.37. The van der Waals surface area contributed by atoms with E-state index in [0.717, 1.165) is 32.2 Å². The molecule has 0 N–H and O–H groups in total. The van der Waals surface area contributed by atoms with Gasteiger partial charge in [-0.15, -0.1) is 0 Å². The number of imidazole rings is 1. The van der Waals surface area contributed by atoms with Crippen molar-refractivity contribution in [2.45, 2.75) is 38.4 Å². The summed E-state index contributed by atoms with van der Waals surface area (Å²) in [6, 6.07) is 0. The maximum Gasteiger partial charge on any atom is 0.430 e. The van der Waals surface area contributed by atoms with E-state index in [9.17, 15) is 18.0 Å². The van der Waals surface area contributed by atoms with Gasteiger partial charge in [0.25, 0.3) is 0 Å². The number of aromatic nitrogens is 2. The number of carbonyl (C=O) groups is 2. The molecule has 0 spiro atoms. The number of carbonyl (C=O) groups excluding carboxylic acids is 2. The van der Waals surface area contributed by atoms with Crippen LogP contribution in [0.2, 0.25) is 0 Å². The van der Waals surface area contributed by atoms with E-state index in [4.69, 9.17) is 14.6 Å². The average Bonchev–Trinajstić information content (AvgIpc) is 2.91. The highest BCUT2D eigenvalue weighted by Gasteiger charge is 2.28. The minimum Gasteiger partial charge on any atom is -0.542 e. The predicted molar refractivity (Wildman–Crippen MR) is 76.3 cm³/mol. The number of rotatable bonds is 8. The number of halogens is 3. The van der Waals surface area contributed by atoms with Crippen LogP contribution in [0.1, 0.15) is 25.7 Å². The van der Waals surface area contributed by atoms with Gasteiger partial charge in [-0.25, -0.2) is 13.9 Å². The molecule has 0 aliphatic heterocycles. The van der Waals surface area contributed by atoms with Crippen LogP contribution in [0.4, 0.5) is 13.2 Å². The number of esters is 1.